The van der Waals surface area contributed by atoms with E-state index in [1.807, 2.05) is 0 Å². The average Bonchev–Trinajstić information content (AvgIpc) is 3.22. The lowest BCUT2D eigenvalue weighted by atomic mass is 10.1. The number of ether oxygens (including phenoxy) is 2. The smallest absolute Gasteiger partial charge is 0.231 e. The van der Waals surface area contributed by atoms with Crippen molar-refractivity contribution < 1.29 is 18.7 Å². The molecule has 1 N–H and O–H groups in total. The Morgan fingerprint density at radius 1 is 1.15 bits per heavy atom. The first-order chi connectivity index (χ1) is 12.5. The Balaban J connectivity index is 1.62. The number of carbonyl (C=O) groups is 1. The minimum absolute atomic E-state index is 0.0213. The number of carbonyl (C=O) groups excluding carboxylic acids is 1. The number of halogens is 1. The molecule has 7 heteroatoms. The molecular weight excluding hydrogens is 337 g/mol. The van der Waals surface area contributed by atoms with Gasteiger partial charge in [-0.1, -0.05) is 0 Å². The second kappa shape index (κ2) is 6.18. The van der Waals surface area contributed by atoms with E-state index in [0.29, 0.717) is 17.1 Å². The van der Waals surface area contributed by atoms with Gasteiger partial charge in [0, 0.05) is 18.8 Å². The number of hydrogen-bond acceptors (Lipinski definition) is 4. The molecule has 132 valence electrons. The van der Waals surface area contributed by atoms with Gasteiger partial charge in [0.05, 0.1) is 12.2 Å². The summed E-state index contributed by atoms with van der Waals surface area (Å²) in [6.45, 7) is 0.172. The molecule has 0 saturated carbocycles. The molecule has 0 amide bonds. The molecule has 0 radical (unpaired) electrons. The van der Waals surface area contributed by atoms with Gasteiger partial charge in [0.25, 0.3) is 0 Å². The van der Waals surface area contributed by atoms with Crippen LogP contribution in [0.4, 0.5) is 4.39 Å². The van der Waals surface area contributed by atoms with Crippen LogP contribution in [0.15, 0.2) is 48.7 Å². The van der Waals surface area contributed by atoms with E-state index in [2.05, 4.69) is 0 Å². The Labute approximate surface area is 148 Å². The monoisotopic (exact) mass is 353 g/mol. The van der Waals surface area contributed by atoms with Gasteiger partial charge in [-0.15, -0.1) is 0 Å². The van der Waals surface area contributed by atoms with E-state index in [0.717, 1.165) is 11.3 Å². The molecule has 6 nitrogen and oxygen atoms in total. The SMILES string of the molecule is Cn1c(-c2ccc(F)cc2)cn(CC(=O)c2ccc3c(c2)OCO3)c1=N. The lowest BCUT2D eigenvalue weighted by molar-refractivity contribution is 0.0969. The highest BCUT2D eigenvalue weighted by Crippen LogP contribution is 2.32. The van der Waals surface area contributed by atoms with Crippen LogP contribution in [0.1, 0.15) is 10.4 Å². The predicted molar refractivity (Wildman–Crippen MR) is 91.5 cm³/mol. The Bertz CT molecular complexity index is 1050. The number of fused-ring (bicyclic) bond motifs is 1. The van der Waals surface area contributed by atoms with Crippen molar-refractivity contribution in [2.45, 2.75) is 6.54 Å². The normalized spacial score (nSPS) is 12.4. The maximum atomic E-state index is 13.1. The van der Waals surface area contributed by atoms with Gasteiger partial charge in [0.15, 0.2) is 17.3 Å². The number of benzene rings is 2. The van der Waals surface area contributed by atoms with Crippen molar-refractivity contribution in [2.24, 2.45) is 7.05 Å². The Morgan fingerprint density at radius 2 is 1.88 bits per heavy atom. The molecule has 0 spiro atoms. The van der Waals surface area contributed by atoms with Crippen LogP contribution in [-0.4, -0.2) is 21.7 Å². The molecule has 1 aromatic heterocycles. The highest BCUT2D eigenvalue weighted by atomic mass is 19.1. The summed E-state index contributed by atoms with van der Waals surface area (Å²) in [5.74, 6) is 0.707. The zero-order valence-electron chi connectivity index (χ0n) is 14.0. The van der Waals surface area contributed by atoms with Crippen LogP contribution in [0.5, 0.6) is 11.5 Å². The summed E-state index contributed by atoms with van der Waals surface area (Å²) in [7, 11) is 1.74. The van der Waals surface area contributed by atoms with Crippen LogP contribution in [0.25, 0.3) is 11.3 Å². The van der Waals surface area contributed by atoms with Crippen molar-refractivity contribution in [3.8, 4) is 22.8 Å². The Morgan fingerprint density at radius 3 is 2.65 bits per heavy atom. The molecule has 1 aliphatic heterocycles. The van der Waals surface area contributed by atoms with Gasteiger partial charge in [-0.05, 0) is 48.0 Å². The fourth-order valence-corrected chi connectivity index (χ4v) is 2.93. The minimum Gasteiger partial charge on any atom is -0.454 e. The van der Waals surface area contributed by atoms with Gasteiger partial charge < -0.3 is 18.6 Å². The zero-order valence-corrected chi connectivity index (χ0v) is 14.0. The number of nitrogens with one attached hydrogen (secondary N) is 1. The van der Waals surface area contributed by atoms with Crippen molar-refractivity contribution in [2.75, 3.05) is 6.79 Å². The average molecular weight is 353 g/mol. The standard InChI is InChI=1S/C19H16FN3O3/c1-22-15(12-2-5-14(20)6-3-12)9-23(19(22)21)10-16(24)13-4-7-17-18(8-13)26-11-25-17/h2-9,21H,10-11H2,1H3. The Hall–Kier alpha value is -3.35. The van der Waals surface area contributed by atoms with E-state index in [9.17, 15) is 9.18 Å². The van der Waals surface area contributed by atoms with Crippen molar-refractivity contribution in [3.63, 3.8) is 0 Å². The zero-order chi connectivity index (χ0) is 18.3. The van der Waals surface area contributed by atoms with E-state index in [1.165, 1.54) is 12.1 Å². The number of nitrogens with zero attached hydrogens (tertiary/aromatic N) is 2. The van der Waals surface area contributed by atoms with E-state index in [1.54, 1.807) is 52.7 Å². The summed E-state index contributed by atoms with van der Waals surface area (Å²) in [6, 6.07) is 11.1. The third-order valence-electron chi connectivity index (χ3n) is 4.38. The number of Topliss-reactive ketones (excluding diaryl/α,β-unsaturated/α-hetero) is 1. The van der Waals surface area contributed by atoms with Gasteiger partial charge in [0.1, 0.15) is 5.82 Å². The molecule has 0 bridgehead atoms. The minimum atomic E-state index is -0.320. The molecule has 2 heterocycles. The molecular formula is C19H16FN3O3. The van der Waals surface area contributed by atoms with Gasteiger partial charge in [-0.2, -0.15) is 0 Å². The number of ketones is 1. The summed E-state index contributed by atoms with van der Waals surface area (Å²) >= 11 is 0. The third-order valence-corrected chi connectivity index (χ3v) is 4.38. The quantitative estimate of drug-likeness (QED) is 0.733. The van der Waals surface area contributed by atoms with Crippen molar-refractivity contribution in [1.29, 1.82) is 5.41 Å². The largest absolute Gasteiger partial charge is 0.454 e. The van der Waals surface area contributed by atoms with Crippen LogP contribution in [0.3, 0.4) is 0 Å². The molecule has 2 aromatic carbocycles. The highest BCUT2D eigenvalue weighted by Gasteiger charge is 2.17. The third kappa shape index (κ3) is 2.77. The van der Waals surface area contributed by atoms with Crippen LogP contribution in [-0.2, 0) is 13.6 Å². The fraction of sp³-hybridized carbons (Fsp3) is 0.158. The van der Waals surface area contributed by atoms with E-state index < -0.39 is 0 Å². The maximum Gasteiger partial charge on any atom is 0.231 e. The van der Waals surface area contributed by atoms with Crippen LogP contribution < -0.4 is 15.1 Å². The first kappa shape index (κ1) is 16.1. The van der Waals surface area contributed by atoms with Crippen molar-refractivity contribution in [1.82, 2.24) is 9.13 Å². The summed E-state index contributed by atoms with van der Waals surface area (Å²) in [5.41, 5.74) is 2.18. The summed E-state index contributed by atoms with van der Waals surface area (Å²) in [4.78, 5) is 12.6. The van der Waals surface area contributed by atoms with Gasteiger partial charge >= 0.3 is 0 Å². The molecule has 0 aliphatic carbocycles. The second-order valence-electron chi connectivity index (χ2n) is 6.02. The molecule has 4 rings (SSSR count). The molecule has 0 fully saturated rings. The van der Waals surface area contributed by atoms with E-state index in [4.69, 9.17) is 14.9 Å². The number of hydrogen-bond donors (Lipinski definition) is 1. The molecule has 0 atom stereocenters. The van der Waals surface area contributed by atoms with Gasteiger partial charge in [-0.3, -0.25) is 10.2 Å². The fourth-order valence-electron chi connectivity index (χ4n) is 2.93. The molecule has 3 aromatic rings. The molecule has 0 saturated heterocycles. The lowest BCUT2D eigenvalue weighted by Crippen LogP contribution is -2.25. The van der Waals surface area contributed by atoms with E-state index in [-0.39, 0.29) is 30.6 Å². The first-order valence-corrected chi connectivity index (χ1v) is 8.02. The second-order valence-corrected chi connectivity index (χ2v) is 6.02. The van der Waals surface area contributed by atoms with Crippen LogP contribution >= 0.6 is 0 Å². The molecule has 26 heavy (non-hydrogen) atoms. The maximum absolute atomic E-state index is 13.1. The van der Waals surface area contributed by atoms with Gasteiger partial charge in [0.2, 0.25) is 12.4 Å². The number of imidazole rings is 1. The van der Waals surface area contributed by atoms with Gasteiger partial charge in [-0.25, -0.2) is 4.39 Å². The van der Waals surface area contributed by atoms with Crippen molar-refractivity contribution >= 4 is 5.78 Å². The molecule has 1 aliphatic rings. The van der Waals surface area contributed by atoms with Crippen LogP contribution in [0, 0.1) is 11.2 Å². The molecule has 0 unspecified atom stereocenters. The lowest BCUT2D eigenvalue weighted by Gasteiger charge is -2.04. The highest BCUT2D eigenvalue weighted by molar-refractivity contribution is 5.96. The first-order valence-electron chi connectivity index (χ1n) is 8.02. The predicted octanol–water partition coefficient (Wildman–Crippen LogP) is 2.72. The summed E-state index contributed by atoms with van der Waals surface area (Å²) in [6.07, 6.45) is 1.72. The number of rotatable bonds is 4. The van der Waals surface area contributed by atoms with Crippen LogP contribution in [0.2, 0.25) is 0 Å². The number of aromatic nitrogens is 2. The topological polar surface area (TPSA) is 69.2 Å². The van der Waals surface area contributed by atoms with Crippen molar-refractivity contribution in [3.05, 3.63) is 65.7 Å². The summed E-state index contributed by atoms with van der Waals surface area (Å²) < 4.78 is 26.9. The summed E-state index contributed by atoms with van der Waals surface area (Å²) in [5, 5.41) is 8.24. The Kier molecular flexibility index (Phi) is 3.84. The van der Waals surface area contributed by atoms with E-state index >= 15 is 0 Å².